The summed E-state index contributed by atoms with van der Waals surface area (Å²) in [6, 6.07) is 9.55. The van der Waals surface area contributed by atoms with Crippen LogP contribution in [0.3, 0.4) is 0 Å². The van der Waals surface area contributed by atoms with Crippen molar-refractivity contribution in [1.82, 2.24) is 5.32 Å². The highest BCUT2D eigenvalue weighted by Crippen LogP contribution is 2.77. The van der Waals surface area contributed by atoms with Gasteiger partial charge in [-0.15, -0.1) is 0 Å². The number of hydrogen-bond acceptors (Lipinski definition) is 3. The zero-order valence-corrected chi connectivity index (χ0v) is 11.8. The molecule has 5 rings (SSSR count). The molecular formula is C17H19NO3. The summed E-state index contributed by atoms with van der Waals surface area (Å²) in [6.45, 7) is -0.0799. The number of nitrogens with one attached hydrogen (secondary N) is 1. The molecule has 1 amide bonds. The van der Waals surface area contributed by atoms with Crippen LogP contribution < -0.4 is 5.32 Å². The van der Waals surface area contributed by atoms with Crippen LogP contribution in [0.2, 0.25) is 0 Å². The predicted octanol–water partition coefficient (Wildman–Crippen LogP) is 0.931. The van der Waals surface area contributed by atoms with E-state index >= 15 is 0 Å². The number of hydrogen-bond donors (Lipinski definition) is 2. The van der Waals surface area contributed by atoms with Crippen LogP contribution >= 0.6 is 0 Å². The third-order valence-corrected chi connectivity index (χ3v) is 5.64. The highest BCUT2D eigenvalue weighted by molar-refractivity contribution is 6.04. The molecule has 110 valence electrons. The smallest absolute Gasteiger partial charge is 0.227 e. The molecule has 21 heavy (non-hydrogen) atoms. The number of aliphatic hydroxyl groups excluding tert-OH is 1. The summed E-state index contributed by atoms with van der Waals surface area (Å²) in [5, 5.41) is 12.5. The van der Waals surface area contributed by atoms with E-state index in [1.165, 1.54) is 0 Å². The first-order valence-corrected chi connectivity index (χ1v) is 7.66. The summed E-state index contributed by atoms with van der Waals surface area (Å²) >= 11 is 0. The number of carbonyl (C=O) groups excluding carboxylic acids is 2. The van der Waals surface area contributed by atoms with E-state index in [1.807, 2.05) is 30.3 Å². The molecular weight excluding hydrogens is 266 g/mol. The van der Waals surface area contributed by atoms with Crippen molar-refractivity contribution in [2.75, 3.05) is 6.61 Å². The van der Waals surface area contributed by atoms with Crippen LogP contribution in [0.1, 0.15) is 18.4 Å². The lowest BCUT2D eigenvalue weighted by Gasteiger charge is -2.20. The maximum Gasteiger partial charge on any atom is 0.227 e. The Morgan fingerprint density at radius 2 is 2.14 bits per heavy atom. The van der Waals surface area contributed by atoms with E-state index in [0.717, 1.165) is 18.4 Å². The van der Waals surface area contributed by atoms with Gasteiger partial charge in [0, 0.05) is 11.8 Å². The van der Waals surface area contributed by atoms with E-state index in [9.17, 15) is 14.7 Å². The van der Waals surface area contributed by atoms with Gasteiger partial charge >= 0.3 is 0 Å². The van der Waals surface area contributed by atoms with Crippen molar-refractivity contribution in [2.45, 2.75) is 25.3 Å². The number of Topliss-reactive ketones (excluding diaryl/α,β-unsaturated/α-hetero) is 1. The van der Waals surface area contributed by atoms with Gasteiger partial charge in [-0.05, 0) is 30.7 Å². The fraction of sp³-hybridized carbons (Fsp3) is 0.529. The zero-order valence-electron chi connectivity index (χ0n) is 11.8. The molecule has 2 N–H and O–H groups in total. The Labute approximate surface area is 123 Å². The van der Waals surface area contributed by atoms with Crippen LogP contribution in [0.4, 0.5) is 0 Å². The Balaban J connectivity index is 1.44. The first-order chi connectivity index (χ1) is 10.2. The fourth-order valence-electron chi connectivity index (χ4n) is 4.65. The van der Waals surface area contributed by atoms with Crippen LogP contribution in [-0.2, 0) is 16.0 Å². The van der Waals surface area contributed by atoms with Crippen molar-refractivity contribution < 1.29 is 14.7 Å². The van der Waals surface area contributed by atoms with Crippen molar-refractivity contribution in [3.05, 3.63) is 35.9 Å². The molecule has 1 aromatic rings. The first kappa shape index (κ1) is 13.0. The summed E-state index contributed by atoms with van der Waals surface area (Å²) in [5.74, 6) is 0.691. The van der Waals surface area contributed by atoms with Crippen molar-refractivity contribution in [2.24, 2.45) is 23.2 Å². The molecule has 4 saturated carbocycles. The van der Waals surface area contributed by atoms with Crippen LogP contribution in [0.5, 0.6) is 0 Å². The van der Waals surface area contributed by atoms with Gasteiger partial charge in [0.2, 0.25) is 5.91 Å². The van der Waals surface area contributed by atoms with Crippen LogP contribution in [0, 0.1) is 23.2 Å². The van der Waals surface area contributed by atoms with Gasteiger partial charge in [0.25, 0.3) is 0 Å². The van der Waals surface area contributed by atoms with Gasteiger partial charge in [0.1, 0.15) is 5.78 Å². The lowest BCUT2D eigenvalue weighted by atomic mass is 10.0. The summed E-state index contributed by atoms with van der Waals surface area (Å²) in [4.78, 5) is 24.5. The molecule has 4 aliphatic carbocycles. The minimum Gasteiger partial charge on any atom is -0.394 e. The lowest BCUT2D eigenvalue weighted by Crippen LogP contribution is -2.43. The number of benzene rings is 1. The molecule has 4 bridgehead atoms. The van der Waals surface area contributed by atoms with Gasteiger partial charge in [0.15, 0.2) is 0 Å². The maximum atomic E-state index is 12.6. The molecule has 4 nitrogen and oxygen atoms in total. The monoisotopic (exact) mass is 285 g/mol. The Morgan fingerprint density at radius 3 is 2.67 bits per heavy atom. The first-order valence-electron chi connectivity index (χ1n) is 7.66. The Kier molecular flexibility index (Phi) is 2.73. The Hall–Kier alpha value is -1.68. The topological polar surface area (TPSA) is 66.4 Å². The molecule has 0 radical (unpaired) electrons. The van der Waals surface area contributed by atoms with Gasteiger partial charge in [-0.1, -0.05) is 30.3 Å². The SMILES string of the molecule is O=C1C2CC3C1C3(C(=O)N[C@@H](CO)Cc1ccccc1)C2. The van der Waals surface area contributed by atoms with E-state index in [2.05, 4.69) is 5.32 Å². The number of ketones is 1. The molecule has 0 saturated heterocycles. The number of amides is 1. The number of carbonyl (C=O) groups is 2. The summed E-state index contributed by atoms with van der Waals surface area (Å²) in [5.41, 5.74) is 0.680. The van der Waals surface area contributed by atoms with Gasteiger partial charge in [-0.2, -0.15) is 0 Å². The largest absolute Gasteiger partial charge is 0.394 e. The van der Waals surface area contributed by atoms with Gasteiger partial charge in [0.05, 0.1) is 18.1 Å². The molecule has 4 fully saturated rings. The van der Waals surface area contributed by atoms with Crippen molar-refractivity contribution in [3.8, 4) is 0 Å². The predicted molar refractivity (Wildman–Crippen MR) is 76.3 cm³/mol. The van der Waals surface area contributed by atoms with E-state index in [-0.39, 0.29) is 36.3 Å². The minimum atomic E-state index is -0.411. The lowest BCUT2D eigenvalue weighted by molar-refractivity contribution is -0.128. The van der Waals surface area contributed by atoms with Crippen molar-refractivity contribution in [3.63, 3.8) is 0 Å². The molecule has 0 aromatic heterocycles. The summed E-state index contributed by atoms with van der Waals surface area (Å²) in [7, 11) is 0. The highest BCUT2D eigenvalue weighted by atomic mass is 16.3. The summed E-state index contributed by atoms with van der Waals surface area (Å²) in [6.07, 6.45) is 2.25. The van der Waals surface area contributed by atoms with Gasteiger partial charge < -0.3 is 10.4 Å². The second-order valence-electron chi connectivity index (χ2n) is 6.71. The minimum absolute atomic E-state index is 0.0131. The van der Waals surface area contributed by atoms with Crippen molar-refractivity contribution >= 4 is 11.7 Å². The second-order valence-corrected chi connectivity index (χ2v) is 6.71. The standard InChI is InChI=1S/C17H19NO3/c19-9-12(6-10-4-2-1-3-5-10)18-16(21)17-8-11-7-13(17)14(17)15(11)20/h1-5,11-14,19H,6-9H2,(H,18,21)/t11?,12-,13?,14?,17?/m1/s1. The molecule has 1 aromatic carbocycles. The van der Waals surface area contributed by atoms with E-state index in [1.54, 1.807) is 0 Å². The Morgan fingerprint density at radius 1 is 1.38 bits per heavy atom. The van der Waals surface area contributed by atoms with Gasteiger partial charge in [-0.25, -0.2) is 0 Å². The quantitative estimate of drug-likeness (QED) is 0.846. The molecule has 0 spiro atoms. The molecule has 5 atom stereocenters. The van der Waals surface area contributed by atoms with Crippen LogP contribution in [0.25, 0.3) is 0 Å². The third-order valence-electron chi connectivity index (χ3n) is 5.64. The van der Waals surface area contributed by atoms with Crippen molar-refractivity contribution in [1.29, 1.82) is 0 Å². The number of rotatable bonds is 5. The molecule has 4 unspecified atom stereocenters. The van der Waals surface area contributed by atoms with Crippen LogP contribution in [0.15, 0.2) is 30.3 Å². The van der Waals surface area contributed by atoms with Crippen LogP contribution in [-0.4, -0.2) is 29.4 Å². The maximum absolute atomic E-state index is 12.6. The average molecular weight is 285 g/mol. The highest BCUT2D eigenvalue weighted by Gasteiger charge is 2.82. The second kappa shape index (κ2) is 4.41. The normalized spacial score (nSPS) is 36.6. The van der Waals surface area contributed by atoms with E-state index in [4.69, 9.17) is 0 Å². The van der Waals surface area contributed by atoms with E-state index in [0.29, 0.717) is 12.2 Å². The Bertz CT molecular complexity index is 599. The third kappa shape index (κ3) is 1.72. The van der Waals surface area contributed by atoms with E-state index < -0.39 is 5.41 Å². The molecule has 4 aliphatic rings. The zero-order chi connectivity index (χ0) is 14.6. The van der Waals surface area contributed by atoms with Gasteiger partial charge in [-0.3, -0.25) is 9.59 Å². The average Bonchev–Trinajstić information content (AvgIpc) is 2.79. The molecule has 0 aliphatic heterocycles. The number of aliphatic hydroxyl groups is 1. The molecule has 0 heterocycles. The fourth-order valence-corrected chi connectivity index (χ4v) is 4.65. The summed E-state index contributed by atoms with van der Waals surface area (Å²) < 4.78 is 0. The molecule has 4 heteroatoms.